The molecule has 0 heterocycles. The van der Waals surface area contributed by atoms with Gasteiger partial charge in [-0.25, -0.2) is 0 Å². The van der Waals surface area contributed by atoms with Crippen molar-refractivity contribution in [2.45, 2.75) is 0 Å². The van der Waals surface area contributed by atoms with E-state index in [1.54, 1.807) is 0 Å². The number of nitrogens with one attached hydrogen (secondary N) is 2. The molecule has 0 saturated carbocycles. The van der Waals surface area contributed by atoms with E-state index in [1.807, 2.05) is 0 Å². The van der Waals surface area contributed by atoms with Gasteiger partial charge in [-0.15, -0.1) is 0 Å². The van der Waals surface area contributed by atoms with Crippen LogP contribution in [0.2, 0.25) is 0 Å². The topological polar surface area (TPSA) is 76.7 Å². The summed E-state index contributed by atoms with van der Waals surface area (Å²) in [6.07, 6.45) is 0. The summed E-state index contributed by atoms with van der Waals surface area (Å²) in [4.78, 5) is 22.1. The third-order valence-corrected chi connectivity index (χ3v) is 2.02. The van der Waals surface area contributed by atoms with Gasteiger partial charge in [0, 0.05) is 25.2 Å². The second-order valence-corrected chi connectivity index (χ2v) is 3.47. The zero-order valence-corrected chi connectivity index (χ0v) is 10.9. The molecule has 0 aromatic carbocycles. The van der Waals surface area contributed by atoms with E-state index in [0.29, 0.717) is 24.4 Å². The lowest BCUT2D eigenvalue weighted by molar-refractivity contribution is -0.118. The van der Waals surface area contributed by atoms with Crippen molar-refractivity contribution in [3.05, 3.63) is 24.3 Å². The highest BCUT2D eigenvalue weighted by molar-refractivity contribution is 5.93. The molecule has 0 spiro atoms. The van der Waals surface area contributed by atoms with E-state index in [9.17, 15) is 9.59 Å². The third-order valence-electron chi connectivity index (χ3n) is 2.02. The normalized spacial score (nSPS) is 9.67. The predicted molar refractivity (Wildman–Crippen MR) is 68.1 cm³/mol. The van der Waals surface area contributed by atoms with Crippen LogP contribution in [0.3, 0.4) is 0 Å². The SMILES string of the molecule is C=C(COCCOCC(=C)C(=O)NC)C(=O)NC. The van der Waals surface area contributed by atoms with Gasteiger partial charge in [-0.2, -0.15) is 0 Å². The largest absolute Gasteiger partial charge is 0.374 e. The quantitative estimate of drug-likeness (QED) is 0.436. The zero-order chi connectivity index (χ0) is 14.0. The molecule has 0 saturated heterocycles. The van der Waals surface area contributed by atoms with Crippen molar-refractivity contribution in [3.63, 3.8) is 0 Å². The summed E-state index contributed by atoms with van der Waals surface area (Å²) in [7, 11) is 3.06. The Morgan fingerprint density at radius 3 is 1.50 bits per heavy atom. The Hall–Kier alpha value is -1.66. The molecular weight excluding hydrogens is 236 g/mol. The highest BCUT2D eigenvalue weighted by Gasteiger charge is 2.05. The van der Waals surface area contributed by atoms with Crippen LogP contribution in [0.15, 0.2) is 24.3 Å². The number of carbonyl (C=O) groups excluding carboxylic acids is 2. The van der Waals surface area contributed by atoms with Crippen molar-refractivity contribution in [3.8, 4) is 0 Å². The molecule has 0 aromatic heterocycles. The van der Waals surface area contributed by atoms with Crippen LogP contribution in [0.5, 0.6) is 0 Å². The molecule has 2 amide bonds. The fourth-order valence-corrected chi connectivity index (χ4v) is 0.993. The molecule has 18 heavy (non-hydrogen) atoms. The van der Waals surface area contributed by atoms with Gasteiger partial charge in [-0.1, -0.05) is 13.2 Å². The van der Waals surface area contributed by atoms with Gasteiger partial charge in [-0.3, -0.25) is 9.59 Å². The number of rotatable bonds is 9. The number of amides is 2. The average Bonchev–Trinajstić information content (AvgIpc) is 2.39. The van der Waals surface area contributed by atoms with Crippen LogP contribution in [0.25, 0.3) is 0 Å². The maximum atomic E-state index is 11.1. The number of likely N-dealkylation sites (N-methyl/N-ethyl adjacent to an activating group) is 2. The Labute approximate surface area is 107 Å². The maximum absolute atomic E-state index is 11.1. The van der Waals surface area contributed by atoms with Gasteiger partial charge >= 0.3 is 0 Å². The molecule has 2 N–H and O–H groups in total. The van der Waals surface area contributed by atoms with Crippen LogP contribution >= 0.6 is 0 Å². The van der Waals surface area contributed by atoms with E-state index in [-0.39, 0.29) is 25.0 Å². The fraction of sp³-hybridized carbons (Fsp3) is 0.500. The van der Waals surface area contributed by atoms with Crippen LogP contribution in [0, 0.1) is 0 Å². The van der Waals surface area contributed by atoms with Gasteiger partial charge in [-0.05, 0) is 0 Å². The minimum absolute atomic E-state index is 0.152. The molecule has 0 fully saturated rings. The van der Waals surface area contributed by atoms with Gasteiger partial charge in [0.2, 0.25) is 11.8 Å². The second-order valence-electron chi connectivity index (χ2n) is 3.47. The number of hydrogen-bond acceptors (Lipinski definition) is 4. The fourth-order valence-electron chi connectivity index (χ4n) is 0.993. The molecule has 0 aliphatic heterocycles. The Kier molecular flexibility index (Phi) is 8.51. The molecule has 0 aliphatic rings. The lowest BCUT2D eigenvalue weighted by Crippen LogP contribution is -2.23. The summed E-state index contributed by atoms with van der Waals surface area (Å²) in [5.41, 5.74) is 0.708. The standard InChI is InChI=1S/C12H20N2O4/c1-9(11(15)13-3)7-17-5-6-18-8-10(2)12(16)14-4/h1-2,5-8H2,3-4H3,(H,13,15)(H,14,16). The molecule has 0 aromatic rings. The average molecular weight is 256 g/mol. The van der Waals surface area contributed by atoms with Crippen LogP contribution in [0.1, 0.15) is 0 Å². The van der Waals surface area contributed by atoms with Crippen LogP contribution in [0.4, 0.5) is 0 Å². The van der Waals surface area contributed by atoms with E-state index in [2.05, 4.69) is 23.8 Å². The van der Waals surface area contributed by atoms with Gasteiger partial charge in [0.25, 0.3) is 0 Å². The van der Waals surface area contributed by atoms with Crippen molar-refractivity contribution in [1.82, 2.24) is 10.6 Å². The zero-order valence-electron chi connectivity index (χ0n) is 10.9. The van der Waals surface area contributed by atoms with Crippen molar-refractivity contribution in [2.75, 3.05) is 40.5 Å². The first-order valence-electron chi connectivity index (χ1n) is 5.48. The summed E-state index contributed by atoms with van der Waals surface area (Å²) in [5, 5.41) is 4.89. The molecule has 0 rings (SSSR count). The number of hydrogen-bond donors (Lipinski definition) is 2. The summed E-state index contributed by atoms with van der Waals surface area (Å²) in [6.45, 7) is 8.06. The van der Waals surface area contributed by atoms with E-state index in [1.165, 1.54) is 14.1 Å². The van der Waals surface area contributed by atoms with Gasteiger partial charge < -0.3 is 20.1 Å². The van der Waals surface area contributed by atoms with Crippen molar-refractivity contribution in [2.24, 2.45) is 0 Å². The van der Waals surface area contributed by atoms with Crippen LogP contribution in [-0.2, 0) is 19.1 Å². The second kappa shape index (κ2) is 9.38. The van der Waals surface area contributed by atoms with E-state index in [0.717, 1.165) is 0 Å². The highest BCUT2D eigenvalue weighted by atomic mass is 16.5. The monoisotopic (exact) mass is 256 g/mol. The first-order chi connectivity index (χ1) is 8.52. The smallest absolute Gasteiger partial charge is 0.248 e. The summed E-state index contributed by atoms with van der Waals surface area (Å²) >= 11 is 0. The Morgan fingerprint density at radius 2 is 1.22 bits per heavy atom. The molecule has 0 atom stereocenters. The summed E-state index contributed by atoms with van der Waals surface area (Å²) < 4.78 is 10.3. The lowest BCUT2D eigenvalue weighted by Gasteiger charge is -2.08. The minimum atomic E-state index is -0.246. The van der Waals surface area contributed by atoms with Gasteiger partial charge in [0.1, 0.15) is 0 Å². The van der Waals surface area contributed by atoms with Crippen LogP contribution < -0.4 is 10.6 Å². The third kappa shape index (κ3) is 6.82. The highest BCUT2D eigenvalue weighted by Crippen LogP contribution is 1.93. The van der Waals surface area contributed by atoms with Gasteiger partial charge in [0.05, 0.1) is 26.4 Å². The Bertz CT molecular complexity index is 294. The van der Waals surface area contributed by atoms with E-state index < -0.39 is 0 Å². The molecule has 6 nitrogen and oxygen atoms in total. The van der Waals surface area contributed by atoms with Crippen LogP contribution in [-0.4, -0.2) is 52.3 Å². The molecular formula is C12H20N2O4. The Morgan fingerprint density at radius 1 is 0.889 bits per heavy atom. The minimum Gasteiger partial charge on any atom is -0.374 e. The lowest BCUT2D eigenvalue weighted by atomic mass is 10.3. The first kappa shape index (κ1) is 16.3. The van der Waals surface area contributed by atoms with E-state index in [4.69, 9.17) is 9.47 Å². The predicted octanol–water partition coefficient (Wildman–Crippen LogP) is -0.376. The van der Waals surface area contributed by atoms with E-state index >= 15 is 0 Å². The molecule has 6 heteroatoms. The van der Waals surface area contributed by atoms with Crippen molar-refractivity contribution < 1.29 is 19.1 Å². The van der Waals surface area contributed by atoms with Crippen molar-refractivity contribution in [1.29, 1.82) is 0 Å². The maximum Gasteiger partial charge on any atom is 0.248 e. The first-order valence-corrected chi connectivity index (χ1v) is 5.48. The Balaban J connectivity index is 3.52. The number of carbonyl (C=O) groups is 2. The molecule has 0 unspecified atom stereocenters. The molecule has 0 aliphatic carbocycles. The summed E-state index contributed by atoms with van der Waals surface area (Å²) in [5.74, 6) is -0.493. The van der Waals surface area contributed by atoms with Crippen molar-refractivity contribution >= 4 is 11.8 Å². The van der Waals surface area contributed by atoms with Gasteiger partial charge in [0.15, 0.2) is 0 Å². The summed E-state index contributed by atoms with van der Waals surface area (Å²) in [6, 6.07) is 0. The molecule has 102 valence electrons. The number of ether oxygens (including phenoxy) is 2. The molecule has 0 bridgehead atoms. The molecule has 0 radical (unpaired) electrons.